The zero-order chi connectivity index (χ0) is 28.6. The van der Waals surface area contributed by atoms with Crippen LogP contribution in [0.3, 0.4) is 0 Å². The second-order valence-corrected chi connectivity index (χ2v) is 14.6. The number of allylic oxidation sites excluding steroid dienone is 2. The lowest BCUT2D eigenvalue weighted by Crippen LogP contribution is -2.66. The Morgan fingerprint density at radius 2 is 1.62 bits per heavy atom. The third-order valence-electron chi connectivity index (χ3n) is 12.6. The molecule has 4 saturated carbocycles. The zero-order valence-electron chi connectivity index (χ0n) is 26.1. The molecule has 6 heteroatoms. The van der Waals surface area contributed by atoms with E-state index in [-0.39, 0.29) is 53.0 Å². The molecule has 0 aromatic heterocycles. The molecule has 0 amide bonds. The lowest BCUT2D eigenvalue weighted by Gasteiger charge is -2.70. The maximum atomic E-state index is 11.7. The highest BCUT2D eigenvalue weighted by atomic mass is 16.7. The zero-order valence-corrected chi connectivity index (χ0v) is 26.1. The topological polar surface area (TPSA) is 77.4 Å². The first-order chi connectivity index (χ1) is 18.5. The fourth-order valence-corrected chi connectivity index (χ4v) is 10.8. The maximum Gasteiger partial charge on any atom is 0.146 e. The van der Waals surface area contributed by atoms with Crippen LogP contribution < -0.4 is 0 Å². The van der Waals surface area contributed by atoms with Gasteiger partial charge in [0, 0.05) is 20.8 Å². The molecular formula is C33H58O6. The molecule has 0 bridgehead atoms. The van der Waals surface area contributed by atoms with Crippen molar-refractivity contribution in [3.8, 4) is 0 Å². The van der Waals surface area contributed by atoms with Gasteiger partial charge in [0.1, 0.15) is 13.6 Å². The van der Waals surface area contributed by atoms with Crippen molar-refractivity contribution in [1.82, 2.24) is 0 Å². The quantitative estimate of drug-likeness (QED) is 0.236. The van der Waals surface area contributed by atoms with Crippen LogP contribution in [0.2, 0.25) is 0 Å². The average molecular weight is 551 g/mol. The Bertz CT molecular complexity index is 842. The molecule has 4 aliphatic carbocycles. The number of hydrogen-bond donors (Lipinski definition) is 2. The molecule has 4 fully saturated rings. The van der Waals surface area contributed by atoms with Crippen molar-refractivity contribution in [3.63, 3.8) is 0 Å². The summed E-state index contributed by atoms with van der Waals surface area (Å²) >= 11 is 0. The summed E-state index contributed by atoms with van der Waals surface area (Å²) in [7, 11) is 3.41. The fourth-order valence-electron chi connectivity index (χ4n) is 10.8. The van der Waals surface area contributed by atoms with Gasteiger partial charge in [-0.1, -0.05) is 39.3 Å². The summed E-state index contributed by atoms with van der Waals surface area (Å²) in [5.74, 6) is 1.93. The second kappa shape index (κ2) is 12.4. The van der Waals surface area contributed by atoms with Gasteiger partial charge in [0.15, 0.2) is 0 Å². The maximum absolute atomic E-state index is 11.7. The monoisotopic (exact) mass is 550 g/mol. The summed E-state index contributed by atoms with van der Waals surface area (Å²) in [6.07, 6.45) is 10.3. The second-order valence-electron chi connectivity index (χ2n) is 14.6. The number of fused-ring (bicyclic) bond motifs is 5. The van der Waals surface area contributed by atoms with E-state index < -0.39 is 0 Å². The molecule has 0 aromatic carbocycles. The molecule has 39 heavy (non-hydrogen) atoms. The molecule has 0 aromatic rings. The summed E-state index contributed by atoms with van der Waals surface area (Å²) in [4.78, 5) is 0. The van der Waals surface area contributed by atoms with Gasteiger partial charge in [0.05, 0.1) is 18.3 Å². The van der Waals surface area contributed by atoms with Gasteiger partial charge < -0.3 is 29.2 Å². The Morgan fingerprint density at radius 3 is 2.23 bits per heavy atom. The van der Waals surface area contributed by atoms with E-state index in [1.165, 1.54) is 12.0 Å². The van der Waals surface area contributed by atoms with Crippen LogP contribution in [0.15, 0.2) is 11.6 Å². The van der Waals surface area contributed by atoms with E-state index in [4.69, 9.17) is 18.9 Å². The summed E-state index contributed by atoms with van der Waals surface area (Å²) < 4.78 is 23.6. The van der Waals surface area contributed by atoms with Crippen LogP contribution >= 0.6 is 0 Å². The van der Waals surface area contributed by atoms with Crippen molar-refractivity contribution in [2.24, 2.45) is 51.8 Å². The fraction of sp³-hybridized carbons (Fsp3) is 0.939. The van der Waals surface area contributed by atoms with Crippen molar-refractivity contribution >= 4 is 0 Å². The smallest absolute Gasteiger partial charge is 0.146 e. The molecule has 8 unspecified atom stereocenters. The van der Waals surface area contributed by atoms with E-state index in [2.05, 4.69) is 47.6 Å². The van der Waals surface area contributed by atoms with Gasteiger partial charge in [-0.3, -0.25) is 0 Å². The van der Waals surface area contributed by atoms with E-state index in [1.54, 1.807) is 14.2 Å². The predicted octanol–water partition coefficient (Wildman–Crippen LogP) is 6.20. The normalized spacial score (nSPS) is 46.2. The molecular weight excluding hydrogens is 492 g/mol. The third-order valence-corrected chi connectivity index (χ3v) is 12.6. The van der Waals surface area contributed by atoms with Gasteiger partial charge in [-0.15, -0.1) is 0 Å². The first-order valence-electron chi connectivity index (χ1n) is 15.6. The molecule has 6 nitrogen and oxygen atoms in total. The summed E-state index contributed by atoms with van der Waals surface area (Å²) in [6.45, 7) is 15.0. The molecule has 12 atom stereocenters. The minimum Gasteiger partial charge on any atom is -0.396 e. The highest BCUT2D eigenvalue weighted by Crippen LogP contribution is 2.75. The van der Waals surface area contributed by atoms with E-state index in [0.29, 0.717) is 37.3 Å². The van der Waals surface area contributed by atoms with E-state index in [1.807, 2.05) is 0 Å². The van der Waals surface area contributed by atoms with Crippen molar-refractivity contribution in [2.45, 2.75) is 111 Å². The van der Waals surface area contributed by atoms with Crippen molar-refractivity contribution < 1.29 is 29.2 Å². The molecule has 0 saturated heterocycles. The van der Waals surface area contributed by atoms with E-state index in [9.17, 15) is 10.2 Å². The van der Waals surface area contributed by atoms with E-state index in [0.717, 1.165) is 44.9 Å². The molecule has 4 rings (SSSR count). The minimum atomic E-state index is -0.384. The Morgan fingerprint density at radius 1 is 0.949 bits per heavy atom. The lowest BCUT2D eigenvalue weighted by atomic mass is 9.36. The van der Waals surface area contributed by atoms with Crippen molar-refractivity contribution in [2.75, 3.05) is 34.4 Å². The third kappa shape index (κ3) is 5.41. The first kappa shape index (κ1) is 31.4. The highest BCUT2D eigenvalue weighted by molar-refractivity contribution is 5.20. The number of aliphatic hydroxyl groups excluding tert-OH is 2. The predicted molar refractivity (Wildman–Crippen MR) is 154 cm³/mol. The van der Waals surface area contributed by atoms with Gasteiger partial charge in [-0.2, -0.15) is 0 Å². The van der Waals surface area contributed by atoms with Gasteiger partial charge in [-0.05, 0) is 117 Å². The van der Waals surface area contributed by atoms with Gasteiger partial charge in [-0.25, -0.2) is 0 Å². The number of hydrogen-bond acceptors (Lipinski definition) is 6. The average Bonchev–Trinajstić information content (AvgIpc) is 3.15. The van der Waals surface area contributed by atoms with Crippen LogP contribution in [-0.2, 0) is 18.9 Å². The molecule has 0 heterocycles. The van der Waals surface area contributed by atoms with Crippen molar-refractivity contribution in [3.05, 3.63) is 11.6 Å². The standard InChI is InChI=1S/C33H58O6/c1-21(2)10-9-11-23(18-34)29-25-16-28(39-20-37-8)30-31(4)14-13-27(38-19-36-7)22(3)24(31)12-15-32(30,5)33(25,6)17-26(29)35/h10,22-30,34-35H,9,11-20H2,1-8H3/t22?,23?,24?,25?,26-,27+,28?,29?,30?,31-,32?,33-/m0/s1. The minimum absolute atomic E-state index is 0.000763. The molecule has 2 N–H and O–H groups in total. The highest BCUT2D eigenvalue weighted by Gasteiger charge is 2.71. The SMILES string of the molecule is COCOC1CC2C(C(CO)CCC=C(C)C)[C@@H](O)C[C@]2(C)C2(C)CCC3C(C)[C@H](OCOC)CC[C@]3(C)C12. The molecule has 0 radical (unpaired) electrons. The van der Waals surface area contributed by atoms with Crippen LogP contribution in [0.5, 0.6) is 0 Å². The van der Waals surface area contributed by atoms with Crippen LogP contribution in [0.1, 0.15) is 92.9 Å². The lowest BCUT2D eigenvalue weighted by molar-refractivity contribution is -0.265. The number of aliphatic hydroxyl groups is 2. The summed E-state index contributed by atoms with van der Waals surface area (Å²) in [6, 6.07) is 0. The van der Waals surface area contributed by atoms with E-state index >= 15 is 0 Å². The Labute approximate surface area is 238 Å². The van der Waals surface area contributed by atoms with Gasteiger partial charge in [0.25, 0.3) is 0 Å². The molecule has 226 valence electrons. The van der Waals surface area contributed by atoms with Gasteiger partial charge >= 0.3 is 0 Å². The van der Waals surface area contributed by atoms with Crippen molar-refractivity contribution in [1.29, 1.82) is 0 Å². The van der Waals surface area contributed by atoms with Crippen LogP contribution in [0, 0.1) is 51.8 Å². The van der Waals surface area contributed by atoms with Crippen LogP contribution in [-0.4, -0.2) is 62.9 Å². The first-order valence-corrected chi connectivity index (χ1v) is 15.6. The number of ether oxygens (including phenoxy) is 4. The Hall–Kier alpha value is -0.500. The Balaban J connectivity index is 1.69. The number of rotatable bonds is 11. The molecule has 0 spiro atoms. The Kier molecular flexibility index (Phi) is 9.99. The molecule has 4 aliphatic rings. The molecule has 0 aliphatic heterocycles. The van der Waals surface area contributed by atoms with Crippen LogP contribution in [0.25, 0.3) is 0 Å². The number of methoxy groups -OCH3 is 2. The summed E-state index contributed by atoms with van der Waals surface area (Å²) in [5.41, 5.74) is 1.48. The largest absolute Gasteiger partial charge is 0.396 e. The van der Waals surface area contributed by atoms with Gasteiger partial charge in [0.2, 0.25) is 0 Å². The van der Waals surface area contributed by atoms with Crippen LogP contribution in [0.4, 0.5) is 0 Å². The summed E-state index contributed by atoms with van der Waals surface area (Å²) in [5, 5.41) is 22.3.